The molecular formula is C11H14N2. The van der Waals surface area contributed by atoms with Gasteiger partial charge in [0, 0.05) is 5.39 Å². The summed E-state index contributed by atoms with van der Waals surface area (Å²) < 4.78 is 0. The highest BCUT2D eigenvalue weighted by Gasteiger charge is 2.01. The van der Waals surface area contributed by atoms with Crippen molar-refractivity contribution < 1.29 is 0 Å². The predicted octanol–water partition coefficient (Wildman–Crippen LogP) is 2.82. The van der Waals surface area contributed by atoms with E-state index in [0.29, 0.717) is 0 Å². The Morgan fingerprint density at radius 3 is 3.00 bits per heavy atom. The van der Waals surface area contributed by atoms with E-state index < -0.39 is 0 Å². The van der Waals surface area contributed by atoms with E-state index in [1.807, 2.05) is 6.20 Å². The molecule has 0 aliphatic heterocycles. The molecule has 0 radical (unpaired) electrons. The molecule has 13 heavy (non-hydrogen) atoms. The van der Waals surface area contributed by atoms with Crippen LogP contribution in [-0.4, -0.2) is 10.2 Å². The van der Waals surface area contributed by atoms with Crippen molar-refractivity contribution >= 4 is 10.9 Å². The zero-order chi connectivity index (χ0) is 9.26. The van der Waals surface area contributed by atoms with E-state index in [0.717, 1.165) is 11.9 Å². The van der Waals surface area contributed by atoms with Crippen molar-refractivity contribution in [1.29, 1.82) is 0 Å². The van der Waals surface area contributed by atoms with Crippen LogP contribution in [0.3, 0.4) is 0 Å². The Bertz CT molecular complexity index is 415. The van der Waals surface area contributed by atoms with Crippen LogP contribution in [0, 0.1) is 6.92 Å². The Labute approximate surface area is 78.0 Å². The lowest BCUT2D eigenvalue weighted by molar-refractivity contribution is 0.915. The molecule has 2 nitrogen and oxygen atoms in total. The number of rotatable bonds is 2. The van der Waals surface area contributed by atoms with Gasteiger partial charge in [0.1, 0.15) is 0 Å². The Hall–Kier alpha value is -1.31. The lowest BCUT2D eigenvalue weighted by atomic mass is 10.0. The normalized spacial score (nSPS) is 10.9. The third kappa shape index (κ3) is 1.44. The molecule has 0 bridgehead atoms. The lowest BCUT2D eigenvalue weighted by Crippen LogP contribution is -1.87. The zero-order valence-corrected chi connectivity index (χ0v) is 8.09. The number of aromatic nitrogens is 2. The smallest absolute Gasteiger partial charge is 0.0653 e. The summed E-state index contributed by atoms with van der Waals surface area (Å²) in [5.74, 6) is 0. The van der Waals surface area contributed by atoms with E-state index >= 15 is 0 Å². The number of hydrogen-bond acceptors (Lipinski definition) is 1. The van der Waals surface area contributed by atoms with Crippen molar-refractivity contribution in [2.24, 2.45) is 0 Å². The number of aryl methyl sites for hydroxylation is 2. The van der Waals surface area contributed by atoms with Crippen LogP contribution in [0.2, 0.25) is 0 Å². The van der Waals surface area contributed by atoms with Gasteiger partial charge in [-0.15, -0.1) is 0 Å². The number of hydrogen-bond donors (Lipinski definition) is 1. The molecule has 0 unspecified atom stereocenters. The summed E-state index contributed by atoms with van der Waals surface area (Å²) in [7, 11) is 0. The molecule has 0 aliphatic rings. The molecule has 0 spiro atoms. The molecule has 1 heterocycles. The minimum absolute atomic E-state index is 1.14. The summed E-state index contributed by atoms with van der Waals surface area (Å²) in [6, 6.07) is 4.41. The first-order valence-corrected chi connectivity index (χ1v) is 4.74. The van der Waals surface area contributed by atoms with Crippen LogP contribution < -0.4 is 0 Å². The monoisotopic (exact) mass is 174 g/mol. The lowest BCUT2D eigenvalue weighted by Gasteiger charge is -2.03. The average molecular weight is 174 g/mol. The molecule has 1 aromatic carbocycles. The highest BCUT2D eigenvalue weighted by atomic mass is 15.1. The van der Waals surface area contributed by atoms with Crippen LogP contribution in [0.4, 0.5) is 0 Å². The number of benzene rings is 1. The largest absolute Gasteiger partial charge is 0.278 e. The van der Waals surface area contributed by atoms with Gasteiger partial charge in [-0.1, -0.05) is 13.3 Å². The molecule has 68 valence electrons. The molecule has 1 N–H and O–H groups in total. The molecule has 0 atom stereocenters. The maximum Gasteiger partial charge on any atom is 0.0653 e. The Balaban J connectivity index is 2.56. The predicted molar refractivity (Wildman–Crippen MR) is 54.8 cm³/mol. The Morgan fingerprint density at radius 1 is 1.38 bits per heavy atom. The molecule has 0 saturated carbocycles. The average Bonchev–Trinajstić information content (AvgIpc) is 2.52. The van der Waals surface area contributed by atoms with E-state index in [4.69, 9.17) is 0 Å². The second-order valence-electron chi connectivity index (χ2n) is 3.49. The van der Waals surface area contributed by atoms with Gasteiger partial charge in [-0.2, -0.15) is 5.10 Å². The maximum absolute atomic E-state index is 4.02. The second-order valence-corrected chi connectivity index (χ2v) is 3.49. The zero-order valence-electron chi connectivity index (χ0n) is 8.09. The third-order valence-corrected chi connectivity index (χ3v) is 2.42. The van der Waals surface area contributed by atoms with Crippen LogP contribution in [0.5, 0.6) is 0 Å². The highest BCUT2D eigenvalue weighted by Crippen LogP contribution is 2.18. The van der Waals surface area contributed by atoms with Crippen molar-refractivity contribution in [3.8, 4) is 0 Å². The number of aromatic amines is 1. The molecule has 0 saturated heterocycles. The first-order chi connectivity index (χ1) is 6.31. The highest BCUT2D eigenvalue weighted by molar-refractivity contribution is 5.79. The SMILES string of the molecule is CCCc1cc2cn[nH]c2cc1C. The van der Waals surface area contributed by atoms with E-state index in [-0.39, 0.29) is 0 Å². The fourth-order valence-electron chi connectivity index (χ4n) is 1.69. The van der Waals surface area contributed by atoms with E-state index in [1.54, 1.807) is 0 Å². The molecule has 2 heteroatoms. The van der Waals surface area contributed by atoms with Crippen molar-refractivity contribution in [3.63, 3.8) is 0 Å². The molecule has 2 rings (SSSR count). The summed E-state index contributed by atoms with van der Waals surface area (Å²) in [6.07, 6.45) is 4.24. The summed E-state index contributed by atoms with van der Waals surface area (Å²) in [6.45, 7) is 4.37. The second kappa shape index (κ2) is 3.21. The fraction of sp³-hybridized carbons (Fsp3) is 0.364. The van der Waals surface area contributed by atoms with Crippen molar-refractivity contribution in [3.05, 3.63) is 29.5 Å². The summed E-state index contributed by atoms with van der Waals surface area (Å²) in [4.78, 5) is 0. The third-order valence-electron chi connectivity index (χ3n) is 2.42. The summed E-state index contributed by atoms with van der Waals surface area (Å²) in [5, 5.41) is 8.22. The molecule has 1 aromatic heterocycles. The first kappa shape index (κ1) is 8.30. The van der Waals surface area contributed by atoms with Gasteiger partial charge in [0.05, 0.1) is 11.7 Å². The number of nitrogens with one attached hydrogen (secondary N) is 1. The number of H-pyrrole nitrogens is 1. The van der Waals surface area contributed by atoms with Crippen LogP contribution >= 0.6 is 0 Å². The van der Waals surface area contributed by atoms with E-state index in [1.165, 1.54) is 22.9 Å². The van der Waals surface area contributed by atoms with Gasteiger partial charge in [-0.3, -0.25) is 5.10 Å². The van der Waals surface area contributed by atoms with Crippen LogP contribution in [0.15, 0.2) is 18.3 Å². The van der Waals surface area contributed by atoms with Gasteiger partial charge in [0.15, 0.2) is 0 Å². The van der Waals surface area contributed by atoms with Gasteiger partial charge >= 0.3 is 0 Å². The number of fused-ring (bicyclic) bond motifs is 1. The van der Waals surface area contributed by atoms with Gasteiger partial charge in [0.2, 0.25) is 0 Å². The van der Waals surface area contributed by atoms with E-state index in [2.05, 4.69) is 36.2 Å². The Kier molecular flexibility index (Phi) is 2.05. The standard InChI is InChI=1S/C11H14N2/c1-3-4-9-6-10-7-12-13-11(10)5-8(9)2/h5-7H,3-4H2,1-2H3,(H,12,13). The van der Waals surface area contributed by atoms with Crippen LogP contribution in [0.25, 0.3) is 10.9 Å². The van der Waals surface area contributed by atoms with Crippen molar-refractivity contribution in [2.45, 2.75) is 26.7 Å². The molecule has 0 fully saturated rings. The number of nitrogens with zero attached hydrogens (tertiary/aromatic N) is 1. The molecule has 0 amide bonds. The fourth-order valence-corrected chi connectivity index (χ4v) is 1.69. The maximum atomic E-state index is 4.02. The van der Waals surface area contributed by atoms with Gasteiger partial charge in [-0.25, -0.2) is 0 Å². The molecule has 0 aliphatic carbocycles. The summed E-state index contributed by atoms with van der Waals surface area (Å²) >= 11 is 0. The minimum Gasteiger partial charge on any atom is -0.278 e. The minimum atomic E-state index is 1.14. The quantitative estimate of drug-likeness (QED) is 0.745. The van der Waals surface area contributed by atoms with Crippen LogP contribution in [-0.2, 0) is 6.42 Å². The van der Waals surface area contributed by atoms with E-state index in [9.17, 15) is 0 Å². The molecular weight excluding hydrogens is 160 g/mol. The Morgan fingerprint density at radius 2 is 2.23 bits per heavy atom. The topological polar surface area (TPSA) is 28.7 Å². The van der Waals surface area contributed by atoms with Gasteiger partial charge in [-0.05, 0) is 36.6 Å². The van der Waals surface area contributed by atoms with Crippen molar-refractivity contribution in [1.82, 2.24) is 10.2 Å². The summed E-state index contributed by atoms with van der Waals surface area (Å²) in [5.41, 5.74) is 3.94. The van der Waals surface area contributed by atoms with Gasteiger partial charge < -0.3 is 0 Å². The molecule has 2 aromatic rings. The van der Waals surface area contributed by atoms with Gasteiger partial charge in [0.25, 0.3) is 0 Å². The first-order valence-electron chi connectivity index (χ1n) is 4.74. The van der Waals surface area contributed by atoms with Crippen LogP contribution in [0.1, 0.15) is 24.5 Å². The van der Waals surface area contributed by atoms with Crippen molar-refractivity contribution in [2.75, 3.05) is 0 Å².